The number of aromatic nitrogens is 2. The summed E-state index contributed by atoms with van der Waals surface area (Å²) in [6.45, 7) is 0.653. The lowest BCUT2D eigenvalue weighted by atomic mass is 10.3. The smallest absolute Gasteiger partial charge is 0.207 e. The molecule has 0 saturated carbocycles. The summed E-state index contributed by atoms with van der Waals surface area (Å²) in [5.41, 5.74) is 1.00. The molecule has 0 aliphatic heterocycles. The van der Waals surface area contributed by atoms with Crippen LogP contribution in [0.1, 0.15) is 5.69 Å². The van der Waals surface area contributed by atoms with Crippen LogP contribution in [0.15, 0.2) is 12.5 Å². The molecule has 0 unspecified atom stereocenters. The van der Waals surface area contributed by atoms with Gasteiger partial charge in [0.2, 0.25) is 6.41 Å². The zero-order chi connectivity index (χ0) is 8.10. The second-order valence-corrected chi connectivity index (χ2v) is 2.35. The molecule has 1 heterocycles. The average Bonchev–Trinajstić information content (AvgIpc) is 2.37. The molecule has 0 atom stereocenters. The molecule has 4 heteroatoms. The fourth-order valence-electron chi connectivity index (χ4n) is 0.855. The van der Waals surface area contributed by atoms with Gasteiger partial charge in [-0.3, -0.25) is 4.79 Å². The van der Waals surface area contributed by atoms with Crippen LogP contribution in [0.2, 0.25) is 0 Å². The Morgan fingerprint density at radius 2 is 2.64 bits per heavy atom. The molecule has 0 aliphatic rings. The van der Waals surface area contributed by atoms with Crippen molar-refractivity contribution in [3.8, 4) is 0 Å². The minimum Gasteiger partial charge on any atom is -0.358 e. The van der Waals surface area contributed by atoms with Crippen molar-refractivity contribution in [2.24, 2.45) is 7.05 Å². The van der Waals surface area contributed by atoms with Gasteiger partial charge in [-0.25, -0.2) is 4.98 Å². The SMILES string of the molecule is Cn1cnc(CCNC=O)c1. The largest absolute Gasteiger partial charge is 0.358 e. The average molecular weight is 153 g/mol. The van der Waals surface area contributed by atoms with E-state index >= 15 is 0 Å². The van der Waals surface area contributed by atoms with Crippen LogP contribution in [0.25, 0.3) is 0 Å². The van der Waals surface area contributed by atoms with E-state index in [4.69, 9.17) is 0 Å². The van der Waals surface area contributed by atoms with Crippen molar-refractivity contribution < 1.29 is 4.79 Å². The Kier molecular flexibility index (Phi) is 2.66. The maximum absolute atomic E-state index is 9.86. The van der Waals surface area contributed by atoms with E-state index in [9.17, 15) is 4.79 Å². The molecule has 11 heavy (non-hydrogen) atoms. The molecule has 0 spiro atoms. The van der Waals surface area contributed by atoms with Crippen LogP contribution < -0.4 is 5.32 Å². The lowest BCUT2D eigenvalue weighted by Gasteiger charge is -1.93. The Bertz CT molecular complexity index is 231. The van der Waals surface area contributed by atoms with Gasteiger partial charge in [0.25, 0.3) is 0 Å². The van der Waals surface area contributed by atoms with E-state index in [2.05, 4.69) is 10.3 Å². The maximum atomic E-state index is 9.86. The summed E-state index contributed by atoms with van der Waals surface area (Å²) in [6.07, 6.45) is 5.17. The first-order valence-corrected chi connectivity index (χ1v) is 3.47. The number of hydrogen-bond donors (Lipinski definition) is 1. The van der Waals surface area contributed by atoms with Gasteiger partial charge in [-0.15, -0.1) is 0 Å². The van der Waals surface area contributed by atoms with Crippen molar-refractivity contribution in [2.75, 3.05) is 6.54 Å². The number of hydrogen-bond acceptors (Lipinski definition) is 2. The number of imidazole rings is 1. The minimum atomic E-state index is 0.653. The third kappa shape index (κ3) is 2.41. The van der Waals surface area contributed by atoms with E-state index in [1.54, 1.807) is 6.33 Å². The lowest BCUT2D eigenvalue weighted by molar-refractivity contribution is -0.109. The van der Waals surface area contributed by atoms with Crippen LogP contribution in [0.3, 0.4) is 0 Å². The van der Waals surface area contributed by atoms with E-state index in [-0.39, 0.29) is 0 Å². The predicted octanol–water partition coefficient (Wildman–Crippen LogP) is -0.291. The zero-order valence-corrected chi connectivity index (χ0v) is 6.45. The Hall–Kier alpha value is -1.32. The number of carbonyl (C=O) groups excluding carboxylic acids is 1. The summed E-state index contributed by atoms with van der Waals surface area (Å²) < 4.78 is 1.89. The summed E-state index contributed by atoms with van der Waals surface area (Å²) in [7, 11) is 1.92. The number of nitrogens with one attached hydrogen (secondary N) is 1. The molecular weight excluding hydrogens is 142 g/mol. The van der Waals surface area contributed by atoms with Crippen LogP contribution in [-0.4, -0.2) is 22.5 Å². The molecule has 1 N–H and O–H groups in total. The number of nitrogens with zero attached hydrogens (tertiary/aromatic N) is 2. The van der Waals surface area contributed by atoms with Gasteiger partial charge in [0.05, 0.1) is 12.0 Å². The summed E-state index contributed by atoms with van der Waals surface area (Å²) in [5.74, 6) is 0. The van der Waals surface area contributed by atoms with E-state index in [1.165, 1.54) is 0 Å². The second kappa shape index (κ2) is 3.75. The molecule has 4 nitrogen and oxygen atoms in total. The highest BCUT2D eigenvalue weighted by atomic mass is 16.1. The molecular formula is C7H11N3O. The van der Waals surface area contributed by atoms with Crippen LogP contribution >= 0.6 is 0 Å². The molecule has 0 saturated heterocycles. The van der Waals surface area contributed by atoms with Gasteiger partial charge in [-0.2, -0.15) is 0 Å². The quantitative estimate of drug-likeness (QED) is 0.477. The lowest BCUT2D eigenvalue weighted by Crippen LogP contribution is -2.14. The topological polar surface area (TPSA) is 46.9 Å². The fraction of sp³-hybridized carbons (Fsp3) is 0.429. The van der Waals surface area contributed by atoms with Gasteiger partial charge in [0.1, 0.15) is 0 Å². The van der Waals surface area contributed by atoms with Crippen molar-refractivity contribution >= 4 is 6.41 Å². The van der Waals surface area contributed by atoms with Crippen molar-refractivity contribution in [2.45, 2.75) is 6.42 Å². The molecule has 1 aromatic rings. The molecule has 0 aromatic carbocycles. The van der Waals surface area contributed by atoms with Gasteiger partial charge in [-0.05, 0) is 0 Å². The third-order valence-corrected chi connectivity index (χ3v) is 1.37. The van der Waals surface area contributed by atoms with Crippen LogP contribution in [0.4, 0.5) is 0 Å². The standard InChI is InChI=1S/C7H11N3O/c1-10-4-7(9-5-10)2-3-8-6-11/h4-6H,2-3H2,1H3,(H,8,11). The van der Waals surface area contributed by atoms with Crippen LogP contribution in [0, 0.1) is 0 Å². The van der Waals surface area contributed by atoms with Crippen molar-refractivity contribution in [3.05, 3.63) is 18.2 Å². The highest BCUT2D eigenvalue weighted by Gasteiger charge is 1.93. The van der Waals surface area contributed by atoms with Crippen LogP contribution in [0.5, 0.6) is 0 Å². The molecule has 1 amide bonds. The Labute approximate surface area is 65.2 Å². The normalized spacial score (nSPS) is 9.55. The highest BCUT2D eigenvalue weighted by Crippen LogP contribution is 1.93. The number of carbonyl (C=O) groups is 1. The first kappa shape index (κ1) is 7.78. The molecule has 0 bridgehead atoms. The van der Waals surface area contributed by atoms with E-state index in [1.807, 2.05) is 17.8 Å². The fourth-order valence-corrected chi connectivity index (χ4v) is 0.855. The molecule has 0 fully saturated rings. The number of aryl methyl sites for hydroxylation is 1. The molecule has 0 radical (unpaired) electrons. The summed E-state index contributed by atoms with van der Waals surface area (Å²) in [5, 5.41) is 2.58. The Morgan fingerprint density at radius 1 is 1.82 bits per heavy atom. The first-order chi connectivity index (χ1) is 5.33. The van der Waals surface area contributed by atoms with Gasteiger partial charge >= 0.3 is 0 Å². The molecule has 1 aromatic heterocycles. The molecule has 1 rings (SSSR count). The predicted molar refractivity (Wildman–Crippen MR) is 41.0 cm³/mol. The van der Waals surface area contributed by atoms with Crippen molar-refractivity contribution in [3.63, 3.8) is 0 Å². The third-order valence-electron chi connectivity index (χ3n) is 1.37. The van der Waals surface area contributed by atoms with Crippen LogP contribution in [-0.2, 0) is 18.3 Å². The summed E-state index contributed by atoms with van der Waals surface area (Å²) >= 11 is 0. The van der Waals surface area contributed by atoms with Gasteiger partial charge in [0, 0.05) is 26.2 Å². The Balaban J connectivity index is 2.32. The van der Waals surface area contributed by atoms with Gasteiger partial charge in [0.15, 0.2) is 0 Å². The summed E-state index contributed by atoms with van der Waals surface area (Å²) in [6, 6.07) is 0. The van der Waals surface area contributed by atoms with Crippen molar-refractivity contribution in [1.82, 2.24) is 14.9 Å². The first-order valence-electron chi connectivity index (χ1n) is 3.47. The van der Waals surface area contributed by atoms with Gasteiger partial charge < -0.3 is 9.88 Å². The second-order valence-electron chi connectivity index (χ2n) is 2.35. The van der Waals surface area contributed by atoms with E-state index < -0.39 is 0 Å². The highest BCUT2D eigenvalue weighted by molar-refractivity contribution is 5.45. The number of rotatable bonds is 4. The van der Waals surface area contributed by atoms with E-state index in [0.717, 1.165) is 12.1 Å². The Morgan fingerprint density at radius 3 is 3.18 bits per heavy atom. The number of amides is 1. The maximum Gasteiger partial charge on any atom is 0.207 e. The molecule has 60 valence electrons. The zero-order valence-electron chi connectivity index (χ0n) is 6.45. The monoisotopic (exact) mass is 153 g/mol. The summed E-state index contributed by atoms with van der Waals surface area (Å²) in [4.78, 5) is 14.0. The van der Waals surface area contributed by atoms with E-state index in [0.29, 0.717) is 13.0 Å². The molecule has 0 aliphatic carbocycles. The van der Waals surface area contributed by atoms with Crippen molar-refractivity contribution in [1.29, 1.82) is 0 Å². The minimum absolute atomic E-state index is 0.653. The van der Waals surface area contributed by atoms with Gasteiger partial charge in [-0.1, -0.05) is 0 Å².